The minimum absolute atomic E-state index is 0.124. The van der Waals surface area contributed by atoms with Crippen LogP contribution in [0.25, 0.3) is 22.6 Å². The molecule has 26 heavy (non-hydrogen) atoms. The first kappa shape index (κ1) is 15.9. The molecule has 0 bridgehead atoms. The van der Waals surface area contributed by atoms with Gasteiger partial charge in [-0.1, -0.05) is 6.07 Å². The average Bonchev–Trinajstić information content (AvgIpc) is 3.09. The summed E-state index contributed by atoms with van der Waals surface area (Å²) in [6.45, 7) is 0. The molecule has 0 unspecified atom stereocenters. The lowest BCUT2D eigenvalue weighted by atomic mass is 10.2. The Morgan fingerprint density at radius 1 is 1.00 bits per heavy atom. The Labute approximate surface area is 144 Å². The summed E-state index contributed by atoms with van der Waals surface area (Å²) in [6, 6.07) is 6.57. The van der Waals surface area contributed by atoms with Gasteiger partial charge in [0.25, 0.3) is 0 Å². The van der Waals surface area contributed by atoms with Crippen molar-refractivity contribution in [1.29, 1.82) is 0 Å². The van der Waals surface area contributed by atoms with Gasteiger partial charge in [0.1, 0.15) is 6.33 Å². The van der Waals surface area contributed by atoms with Crippen molar-refractivity contribution in [2.24, 2.45) is 0 Å². The van der Waals surface area contributed by atoms with E-state index >= 15 is 0 Å². The largest absolute Gasteiger partial charge is 0.416 e. The van der Waals surface area contributed by atoms with E-state index in [0.717, 1.165) is 17.6 Å². The molecule has 2 N–H and O–H groups in total. The topological polar surface area (TPSA) is 92.3 Å². The molecular formula is C16H10F3N7. The standard InChI is InChI=1S/C16H10F3N7/c17-16(18,19)10-2-1-3-11(5-10)25-15-24-8-22-13(26-15)9-4-12-14(20-6-9)23-7-21-12/h1-8H,(H,20,21,23)(H,22,24,25,26). The molecule has 3 aromatic heterocycles. The summed E-state index contributed by atoms with van der Waals surface area (Å²) in [6.07, 6.45) is -0.0649. The number of aromatic amines is 1. The minimum atomic E-state index is -4.42. The van der Waals surface area contributed by atoms with Crippen molar-refractivity contribution in [3.8, 4) is 11.4 Å². The van der Waals surface area contributed by atoms with Crippen LogP contribution in [0, 0.1) is 0 Å². The molecule has 7 nitrogen and oxygen atoms in total. The molecule has 4 rings (SSSR count). The lowest BCUT2D eigenvalue weighted by Crippen LogP contribution is -2.06. The van der Waals surface area contributed by atoms with Crippen molar-refractivity contribution in [2.75, 3.05) is 5.32 Å². The van der Waals surface area contributed by atoms with Crippen molar-refractivity contribution in [1.82, 2.24) is 29.9 Å². The van der Waals surface area contributed by atoms with Crippen molar-refractivity contribution in [3.05, 3.63) is 54.7 Å². The quantitative estimate of drug-likeness (QED) is 0.582. The normalized spacial score (nSPS) is 11.7. The van der Waals surface area contributed by atoms with Gasteiger partial charge < -0.3 is 10.3 Å². The number of hydrogen-bond acceptors (Lipinski definition) is 6. The number of fused-ring (bicyclic) bond motifs is 1. The van der Waals surface area contributed by atoms with Crippen molar-refractivity contribution >= 4 is 22.8 Å². The van der Waals surface area contributed by atoms with E-state index in [1.54, 1.807) is 12.3 Å². The second-order valence-electron chi connectivity index (χ2n) is 5.33. The number of rotatable bonds is 3. The number of H-pyrrole nitrogens is 1. The number of halogens is 3. The zero-order valence-corrected chi connectivity index (χ0v) is 13.0. The maximum Gasteiger partial charge on any atom is 0.416 e. The smallest absolute Gasteiger partial charge is 0.343 e. The van der Waals surface area contributed by atoms with Crippen molar-refractivity contribution in [2.45, 2.75) is 6.18 Å². The van der Waals surface area contributed by atoms with Crippen LogP contribution in [0.5, 0.6) is 0 Å². The summed E-state index contributed by atoms with van der Waals surface area (Å²) < 4.78 is 38.4. The number of alkyl halides is 3. The molecule has 0 aliphatic rings. The minimum Gasteiger partial charge on any atom is -0.343 e. The fourth-order valence-corrected chi connectivity index (χ4v) is 2.35. The van der Waals surface area contributed by atoms with Crippen LogP contribution in [0.3, 0.4) is 0 Å². The number of imidazole rings is 1. The Kier molecular flexibility index (Phi) is 3.72. The SMILES string of the molecule is FC(F)(F)c1cccc(Nc2ncnc(-c3cnc4nc[nH]c4c3)n2)c1. The lowest BCUT2D eigenvalue weighted by molar-refractivity contribution is -0.137. The molecule has 0 spiro atoms. The van der Waals surface area contributed by atoms with E-state index < -0.39 is 11.7 Å². The van der Waals surface area contributed by atoms with E-state index in [0.29, 0.717) is 17.0 Å². The number of hydrogen-bond donors (Lipinski definition) is 2. The summed E-state index contributed by atoms with van der Waals surface area (Å²) >= 11 is 0. The molecule has 0 saturated carbocycles. The molecule has 130 valence electrons. The maximum absolute atomic E-state index is 12.8. The van der Waals surface area contributed by atoms with Gasteiger partial charge in [-0.15, -0.1) is 0 Å². The van der Waals surface area contributed by atoms with E-state index in [-0.39, 0.29) is 11.6 Å². The first-order valence-electron chi connectivity index (χ1n) is 7.42. The number of anilines is 2. The molecule has 10 heteroatoms. The number of nitrogens with zero attached hydrogens (tertiary/aromatic N) is 5. The number of pyridine rings is 1. The molecule has 4 aromatic rings. The molecule has 0 fully saturated rings. The van der Waals surface area contributed by atoms with Gasteiger partial charge >= 0.3 is 6.18 Å². The van der Waals surface area contributed by atoms with Gasteiger partial charge in [0, 0.05) is 17.4 Å². The predicted molar refractivity (Wildman–Crippen MR) is 87.4 cm³/mol. The highest BCUT2D eigenvalue weighted by Crippen LogP contribution is 2.31. The summed E-state index contributed by atoms with van der Waals surface area (Å²) in [7, 11) is 0. The fraction of sp³-hybridized carbons (Fsp3) is 0.0625. The highest BCUT2D eigenvalue weighted by molar-refractivity contribution is 5.75. The first-order chi connectivity index (χ1) is 12.5. The molecule has 0 aliphatic heterocycles. The highest BCUT2D eigenvalue weighted by atomic mass is 19.4. The molecule has 0 amide bonds. The van der Waals surface area contributed by atoms with E-state index in [2.05, 4.69) is 35.2 Å². The van der Waals surface area contributed by atoms with Crippen LogP contribution in [0.2, 0.25) is 0 Å². The van der Waals surface area contributed by atoms with E-state index in [9.17, 15) is 13.2 Å². The summed E-state index contributed by atoms with van der Waals surface area (Å²) in [5.41, 5.74) is 1.36. The molecule has 3 heterocycles. The molecule has 0 aliphatic carbocycles. The third kappa shape index (κ3) is 3.16. The Morgan fingerprint density at radius 3 is 2.73 bits per heavy atom. The third-order valence-corrected chi connectivity index (χ3v) is 3.55. The summed E-state index contributed by atoms with van der Waals surface area (Å²) in [5.74, 6) is 0.456. The molecule has 0 radical (unpaired) electrons. The first-order valence-corrected chi connectivity index (χ1v) is 7.42. The summed E-state index contributed by atoms with van der Waals surface area (Å²) in [4.78, 5) is 23.4. The van der Waals surface area contributed by atoms with Crippen LogP contribution in [-0.2, 0) is 6.18 Å². The van der Waals surface area contributed by atoms with Crippen molar-refractivity contribution in [3.63, 3.8) is 0 Å². The van der Waals surface area contributed by atoms with Crippen LogP contribution in [0.15, 0.2) is 49.2 Å². The van der Waals surface area contributed by atoms with Gasteiger partial charge in [-0.05, 0) is 24.3 Å². The molecule has 0 atom stereocenters. The van der Waals surface area contributed by atoms with Gasteiger partial charge in [0.15, 0.2) is 11.5 Å². The van der Waals surface area contributed by atoms with Gasteiger partial charge in [-0.3, -0.25) is 0 Å². The number of benzene rings is 1. The lowest BCUT2D eigenvalue weighted by Gasteiger charge is -2.10. The predicted octanol–water partition coefficient (Wildman–Crippen LogP) is 3.57. The van der Waals surface area contributed by atoms with E-state index in [1.165, 1.54) is 24.8 Å². The molecule has 0 saturated heterocycles. The maximum atomic E-state index is 12.8. The van der Waals surface area contributed by atoms with Crippen LogP contribution < -0.4 is 5.32 Å². The molecular weight excluding hydrogens is 347 g/mol. The van der Waals surface area contributed by atoms with Gasteiger partial charge in [-0.2, -0.15) is 18.2 Å². The fourth-order valence-electron chi connectivity index (χ4n) is 2.35. The number of nitrogens with one attached hydrogen (secondary N) is 2. The van der Waals surface area contributed by atoms with Crippen LogP contribution in [0.1, 0.15) is 5.56 Å². The molecule has 1 aromatic carbocycles. The Bertz CT molecular complexity index is 1070. The average molecular weight is 357 g/mol. The Morgan fingerprint density at radius 2 is 1.88 bits per heavy atom. The van der Waals surface area contributed by atoms with Crippen LogP contribution in [0.4, 0.5) is 24.8 Å². The van der Waals surface area contributed by atoms with Crippen LogP contribution >= 0.6 is 0 Å². The van der Waals surface area contributed by atoms with Crippen molar-refractivity contribution < 1.29 is 13.2 Å². The Hall–Kier alpha value is -3.56. The van der Waals surface area contributed by atoms with Crippen LogP contribution in [-0.4, -0.2) is 29.9 Å². The second-order valence-corrected chi connectivity index (χ2v) is 5.33. The van der Waals surface area contributed by atoms with Gasteiger partial charge in [-0.25, -0.2) is 19.9 Å². The second kappa shape index (κ2) is 6.06. The van der Waals surface area contributed by atoms with E-state index in [1.807, 2.05) is 0 Å². The zero-order chi connectivity index (χ0) is 18.1. The van der Waals surface area contributed by atoms with E-state index in [4.69, 9.17) is 0 Å². The van der Waals surface area contributed by atoms with Gasteiger partial charge in [0.05, 0.1) is 17.4 Å². The summed E-state index contributed by atoms with van der Waals surface area (Å²) in [5, 5.41) is 2.76. The monoisotopic (exact) mass is 357 g/mol. The highest BCUT2D eigenvalue weighted by Gasteiger charge is 2.30. The Balaban J connectivity index is 1.64. The van der Waals surface area contributed by atoms with Gasteiger partial charge in [0.2, 0.25) is 5.95 Å². The zero-order valence-electron chi connectivity index (χ0n) is 13.0. The third-order valence-electron chi connectivity index (χ3n) is 3.55. The number of aromatic nitrogens is 6.